The second-order valence-corrected chi connectivity index (χ2v) is 13.2. The predicted molar refractivity (Wildman–Crippen MR) is 159 cm³/mol. The van der Waals surface area contributed by atoms with Crippen LogP contribution in [0, 0.1) is 5.41 Å². The number of carbonyl (C=O) groups excluding carboxylic acids is 1. The lowest BCUT2D eigenvalue weighted by Crippen LogP contribution is -2.43. The lowest BCUT2D eigenvalue weighted by molar-refractivity contribution is -0.148. The molecule has 2 aromatic carbocycles. The number of aromatic nitrogens is 1. The first-order chi connectivity index (χ1) is 19.5. The normalized spacial score (nSPS) is 19.4. The lowest BCUT2D eigenvalue weighted by Gasteiger charge is -2.24. The number of benzene rings is 2. The zero-order valence-electron chi connectivity index (χ0n) is 24.2. The molecule has 0 bridgehead atoms. The maximum atomic E-state index is 13.3. The highest BCUT2D eigenvalue weighted by Crippen LogP contribution is 2.48. The molecule has 1 amide bonds. The third kappa shape index (κ3) is 5.23. The molecular formula is C31H39N3O6S. The Balaban J connectivity index is 1.74. The van der Waals surface area contributed by atoms with E-state index in [2.05, 4.69) is 9.29 Å². The number of aliphatic carboxylic acids is 1. The summed E-state index contributed by atoms with van der Waals surface area (Å²) in [5, 5.41) is 11.4. The molecule has 9 nitrogen and oxygen atoms in total. The number of carboxylic acid groups (broad SMARTS) is 1. The molecule has 2 heterocycles. The summed E-state index contributed by atoms with van der Waals surface area (Å²) >= 11 is 0. The van der Waals surface area contributed by atoms with Crippen LogP contribution >= 0.6 is 0 Å². The van der Waals surface area contributed by atoms with Crippen molar-refractivity contribution in [1.29, 1.82) is 0 Å². The average molecular weight is 582 g/mol. The van der Waals surface area contributed by atoms with Gasteiger partial charge in [-0.3, -0.25) is 9.59 Å². The van der Waals surface area contributed by atoms with E-state index in [1.165, 1.54) is 16.3 Å². The fourth-order valence-corrected chi connectivity index (χ4v) is 7.78. The van der Waals surface area contributed by atoms with E-state index in [0.29, 0.717) is 18.1 Å². The molecule has 1 atom stereocenters. The van der Waals surface area contributed by atoms with Crippen molar-refractivity contribution in [3.05, 3.63) is 53.1 Å². The van der Waals surface area contributed by atoms with Gasteiger partial charge in [0.05, 0.1) is 18.2 Å². The van der Waals surface area contributed by atoms with Crippen LogP contribution in [0.1, 0.15) is 80.3 Å². The van der Waals surface area contributed by atoms with Gasteiger partial charge in [0.2, 0.25) is 0 Å². The topological polar surface area (TPSA) is 118 Å². The second-order valence-electron chi connectivity index (χ2n) is 11.5. The third-order valence-electron chi connectivity index (χ3n) is 8.82. The highest BCUT2D eigenvalue weighted by molar-refractivity contribution is 7.87. The van der Waals surface area contributed by atoms with Crippen LogP contribution in [0.2, 0.25) is 0 Å². The van der Waals surface area contributed by atoms with E-state index in [4.69, 9.17) is 4.74 Å². The van der Waals surface area contributed by atoms with Gasteiger partial charge in [-0.2, -0.15) is 12.7 Å². The Kier molecular flexibility index (Phi) is 7.91. The van der Waals surface area contributed by atoms with Crippen LogP contribution in [0.15, 0.2) is 36.4 Å². The van der Waals surface area contributed by atoms with Gasteiger partial charge in [-0.15, -0.1) is 0 Å². The number of hydrogen-bond acceptors (Lipinski definition) is 5. The summed E-state index contributed by atoms with van der Waals surface area (Å²) in [5.74, 6) is -0.643. The number of carbonyl (C=O) groups is 2. The first kappa shape index (κ1) is 29.1. The zero-order valence-corrected chi connectivity index (χ0v) is 25.0. The Bertz CT molecular complexity index is 1600. The molecule has 1 unspecified atom stereocenters. The molecule has 1 saturated carbocycles. The zero-order chi connectivity index (χ0) is 29.5. The van der Waals surface area contributed by atoms with E-state index >= 15 is 0 Å². The van der Waals surface area contributed by atoms with Gasteiger partial charge < -0.3 is 14.4 Å². The molecular weight excluding hydrogens is 542 g/mol. The summed E-state index contributed by atoms with van der Waals surface area (Å²) in [6.45, 7) is 5.89. The summed E-state index contributed by atoms with van der Waals surface area (Å²) in [7, 11) is -2.39. The first-order valence-electron chi connectivity index (χ1n) is 14.4. The molecule has 1 aliphatic heterocycles. The molecule has 3 aromatic rings. The Hall–Kier alpha value is -3.37. The van der Waals surface area contributed by atoms with E-state index in [0.717, 1.165) is 53.4 Å². The molecule has 10 heteroatoms. The van der Waals surface area contributed by atoms with Gasteiger partial charge in [0.15, 0.2) is 0 Å². The van der Waals surface area contributed by atoms with Crippen LogP contribution in [0.25, 0.3) is 22.2 Å². The fourth-order valence-electron chi connectivity index (χ4n) is 6.62. The van der Waals surface area contributed by atoms with Crippen molar-refractivity contribution in [3.8, 4) is 17.0 Å². The Morgan fingerprint density at radius 2 is 1.80 bits per heavy atom. The van der Waals surface area contributed by atoms with E-state index in [1.807, 2.05) is 24.3 Å². The Morgan fingerprint density at radius 1 is 1.10 bits per heavy atom. The highest BCUT2D eigenvalue weighted by atomic mass is 32.2. The number of ether oxygens (including phenoxy) is 1. The summed E-state index contributed by atoms with van der Waals surface area (Å²) in [5.41, 5.74) is 3.89. The third-order valence-corrected chi connectivity index (χ3v) is 10.5. The molecule has 220 valence electrons. The Labute approximate surface area is 241 Å². The van der Waals surface area contributed by atoms with Crippen molar-refractivity contribution in [2.45, 2.75) is 71.8 Å². The van der Waals surface area contributed by atoms with Gasteiger partial charge in [0, 0.05) is 41.7 Å². The molecule has 2 N–H and O–H groups in total. The van der Waals surface area contributed by atoms with Gasteiger partial charge in [0.1, 0.15) is 5.75 Å². The van der Waals surface area contributed by atoms with Crippen molar-refractivity contribution in [1.82, 2.24) is 13.6 Å². The Morgan fingerprint density at radius 3 is 2.44 bits per heavy atom. The van der Waals surface area contributed by atoms with E-state index in [9.17, 15) is 23.1 Å². The fraction of sp³-hybridized carbons (Fsp3) is 0.484. The smallest absolute Gasteiger partial charge is 0.311 e. The van der Waals surface area contributed by atoms with Crippen molar-refractivity contribution >= 4 is 33.0 Å². The molecule has 0 radical (unpaired) electrons. The van der Waals surface area contributed by atoms with Gasteiger partial charge in [0.25, 0.3) is 5.91 Å². The van der Waals surface area contributed by atoms with Gasteiger partial charge in [-0.1, -0.05) is 39.2 Å². The molecule has 41 heavy (non-hydrogen) atoms. The van der Waals surface area contributed by atoms with Crippen LogP contribution < -0.4 is 9.46 Å². The number of methoxy groups -OCH3 is 1. The minimum absolute atomic E-state index is 0.208. The number of rotatable bonds is 8. The number of hydrogen-bond donors (Lipinski definition) is 2. The summed E-state index contributed by atoms with van der Waals surface area (Å²) in [4.78, 5) is 26.0. The van der Waals surface area contributed by atoms with Gasteiger partial charge in [-0.25, -0.2) is 4.72 Å². The van der Waals surface area contributed by atoms with Gasteiger partial charge in [-0.05, 0) is 73.6 Å². The molecule has 1 aliphatic carbocycles. The van der Waals surface area contributed by atoms with Crippen LogP contribution in [-0.4, -0.2) is 54.5 Å². The molecule has 5 rings (SSSR count). The second kappa shape index (κ2) is 11.1. The quantitative estimate of drug-likeness (QED) is 0.371. The van der Waals surface area contributed by atoms with E-state index in [-0.39, 0.29) is 25.2 Å². The van der Waals surface area contributed by atoms with Gasteiger partial charge >= 0.3 is 16.2 Å². The number of carboxylic acids is 1. The summed E-state index contributed by atoms with van der Waals surface area (Å²) in [6.07, 6.45) is 5.85. The summed E-state index contributed by atoms with van der Waals surface area (Å²) < 4.78 is 36.5. The minimum Gasteiger partial charge on any atom is -0.497 e. The van der Waals surface area contributed by atoms with Crippen molar-refractivity contribution in [2.24, 2.45) is 5.41 Å². The van der Waals surface area contributed by atoms with Crippen molar-refractivity contribution in [3.63, 3.8) is 0 Å². The van der Waals surface area contributed by atoms with Crippen molar-refractivity contribution < 1.29 is 27.9 Å². The number of nitrogens with zero attached hydrogens (tertiary/aromatic N) is 2. The van der Waals surface area contributed by atoms with Crippen LogP contribution in [0.3, 0.4) is 0 Å². The summed E-state index contributed by atoms with van der Waals surface area (Å²) in [6, 6.07) is 11.2. The largest absolute Gasteiger partial charge is 0.497 e. The monoisotopic (exact) mass is 581 g/mol. The van der Waals surface area contributed by atoms with Crippen LogP contribution in [0.5, 0.6) is 5.75 Å². The standard InChI is InChI=1S/C31H39N3O6S/c1-5-33(6-2)41(38,39)32-29(35)21-12-14-25-26(17-21)34-19-31(3,30(36)37)18-22-16-23(40-4)13-15-24(22)28(34)27(25)20-10-8-7-9-11-20/h12-17,20H,5-11,18-19H2,1-4H3,(H,32,35)(H,36,37). The molecule has 0 saturated heterocycles. The highest BCUT2D eigenvalue weighted by Gasteiger charge is 2.40. The predicted octanol–water partition coefficient (Wildman–Crippen LogP) is 5.33. The SMILES string of the molecule is CCN(CC)S(=O)(=O)NC(=O)c1ccc2c(C3CCCCC3)c3n(c2c1)CC(C)(C(=O)O)Cc1cc(OC)ccc1-3. The van der Waals surface area contributed by atoms with E-state index in [1.54, 1.807) is 40.0 Å². The molecule has 1 aromatic heterocycles. The van der Waals surface area contributed by atoms with Crippen LogP contribution in [0.4, 0.5) is 0 Å². The maximum absolute atomic E-state index is 13.3. The average Bonchev–Trinajstić information content (AvgIpc) is 3.18. The molecule has 2 aliphatic rings. The number of amides is 1. The number of nitrogens with one attached hydrogen (secondary N) is 1. The lowest BCUT2D eigenvalue weighted by atomic mass is 9.80. The first-order valence-corrected chi connectivity index (χ1v) is 15.9. The maximum Gasteiger partial charge on any atom is 0.311 e. The molecule has 1 fully saturated rings. The van der Waals surface area contributed by atoms with Crippen molar-refractivity contribution in [2.75, 3.05) is 20.2 Å². The number of fused-ring (bicyclic) bond motifs is 5. The van der Waals surface area contributed by atoms with E-state index < -0.39 is 27.5 Å². The molecule has 0 spiro atoms. The minimum atomic E-state index is -4.00. The van der Waals surface area contributed by atoms with Crippen LogP contribution in [-0.2, 0) is 28.0 Å².